The van der Waals surface area contributed by atoms with Crippen molar-refractivity contribution in [2.75, 3.05) is 0 Å². The molecule has 0 aromatic carbocycles. The van der Waals surface area contributed by atoms with Crippen molar-refractivity contribution in [3.63, 3.8) is 0 Å². The van der Waals surface area contributed by atoms with E-state index in [0.717, 1.165) is 0 Å². The van der Waals surface area contributed by atoms with Crippen molar-refractivity contribution in [3.8, 4) is 0 Å². The van der Waals surface area contributed by atoms with Gasteiger partial charge in [0.1, 0.15) is 0 Å². The summed E-state index contributed by atoms with van der Waals surface area (Å²) in [5.74, 6) is 0. The zero-order valence-electron chi connectivity index (χ0n) is 8.76. The Kier molecular flexibility index (Phi) is 7.49. The summed E-state index contributed by atoms with van der Waals surface area (Å²) in [5, 5.41) is 0. The van der Waals surface area contributed by atoms with Crippen LogP contribution in [0.2, 0.25) is 0 Å². The van der Waals surface area contributed by atoms with E-state index in [1.165, 1.54) is 5.56 Å². The standard InChI is InChI=1S/C9H13N.C2H6.CH4/c1-9(2,3)8-5-4-6-10-7-8;1-2;/h4-7H,1-3H3;1-2H3;1H4. The van der Waals surface area contributed by atoms with Crippen LogP contribution in [0.1, 0.15) is 47.6 Å². The molecule has 0 N–H and O–H groups in total. The zero-order chi connectivity index (χ0) is 9.61. The van der Waals surface area contributed by atoms with Crippen molar-refractivity contribution in [1.29, 1.82) is 0 Å². The Morgan fingerprint density at radius 3 is 1.92 bits per heavy atom. The van der Waals surface area contributed by atoms with Gasteiger partial charge >= 0.3 is 0 Å². The van der Waals surface area contributed by atoms with Crippen LogP contribution in [0, 0.1) is 0 Å². The van der Waals surface area contributed by atoms with Crippen LogP contribution in [-0.4, -0.2) is 4.98 Å². The van der Waals surface area contributed by atoms with Crippen LogP contribution < -0.4 is 0 Å². The average molecular weight is 181 g/mol. The minimum atomic E-state index is 0. The molecule has 1 heterocycles. The molecule has 0 aliphatic carbocycles. The number of hydrogen-bond donors (Lipinski definition) is 0. The first-order chi connectivity index (χ1) is 5.61. The first-order valence-electron chi connectivity index (χ1n) is 4.51. The molecule has 1 aromatic rings. The Morgan fingerprint density at radius 1 is 1.15 bits per heavy atom. The smallest absolute Gasteiger partial charge is 0.0305 e. The summed E-state index contributed by atoms with van der Waals surface area (Å²) in [7, 11) is 0. The largest absolute Gasteiger partial charge is 0.264 e. The maximum Gasteiger partial charge on any atom is 0.0305 e. The lowest BCUT2D eigenvalue weighted by atomic mass is 9.88. The Bertz CT molecular complexity index is 196. The lowest BCUT2D eigenvalue weighted by molar-refractivity contribution is 0.587. The SMILES string of the molecule is C.CC.CC(C)(C)c1cccnc1. The van der Waals surface area contributed by atoms with E-state index in [1.54, 1.807) is 6.20 Å². The van der Waals surface area contributed by atoms with E-state index in [4.69, 9.17) is 0 Å². The van der Waals surface area contributed by atoms with Gasteiger partial charge in [0.15, 0.2) is 0 Å². The molecule has 0 aliphatic rings. The first kappa shape index (κ1) is 14.7. The molecular weight excluding hydrogens is 158 g/mol. The summed E-state index contributed by atoms with van der Waals surface area (Å²) in [6.07, 6.45) is 3.72. The Morgan fingerprint density at radius 2 is 1.69 bits per heavy atom. The van der Waals surface area contributed by atoms with Crippen molar-refractivity contribution in [3.05, 3.63) is 30.1 Å². The molecular formula is C12H23N. The van der Waals surface area contributed by atoms with Gasteiger partial charge in [-0.1, -0.05) is 48.1 Å². The fourth-order valence-corrected chi connectivity index (χ4v) is 0.806. The van der Waals surface area contributed by atoms with Crippen molar-refractivity contribution in [1.82, 2.24) is 4.98 Å². The molecule has 76 valence electrons. The lowest BCUT2D eigenvalue weighted by Gasteiger charge is -2.17. The normalized spacial score (nSPS) is 9.31. The van der Waals surface area contributed by atoms with Gasteiger partial charge in [0, 0.05) is 12.4 Å². The number of rotatable bonds is 0. The maximum atomic E-state index is 4.05. The van der Waals surface area contributed by atoms with Gasteiger partial charge in [-0.2, -0.15) is 0 Å². The number of hydrogen-bond acceptors (Lipinski definition) is 1. The molecule has 0 amide bonds. The van der Waals surface area contributed by atoms with E-state index >= 15 is 0 Å². The fraction of sp³-hybridized carbons (Fsp3) is 0.583. The van der Waals surface area contributed by atoms with Gasteiger partial charge in [0.2, 0.25) is 0 Å². The van der Waals surface area contributed by atoms with Crippen molar-refractivity contribution in [2.45, 2.75) is 47.5 Å². The van der Waals surface area contributed by atoms with Crippen LogP contribution in [0.4, 0.5) is 0 Å². The van der Waals surface area contributed by atoms with Crippen LogP contribution in [-0.2, 0) is 5.41 Å². The van der Waals surface area contributed by atoms with Gasteiger partial charge in [-0.25, -0.2) is 0 Å². The van der Waals surface area contributed by atoms with E-state index in [-0.39, 0.29) is 12.8 Å². The number of aromatic nitrogens is 1. The number of pyridine rings is 1. The van der Waals surface area contributed by atoms with Crippen LogP contribution in [0.15, 0.2) is 24.5 Å². The Hall–Kier alpha value is -0.850. The van der Waals surface area contributed by atoms with Crippen LogP contribution in [0.5, 0.6) is 0 Å². The van der Waals surface area contributed by atoms with E-state index < -0.39 is 0 Å². The zero-order valence-corrected chi connectivity index (χ0v) is 8.76. The third-order valence-corrected chi connectivity index (χ3v) is 1.53. The molecule has 1 aromatic heterocycles. The highest BCUT2D eigenvalue weighted by Gasteiger charge is 2.11. The molecule has 1 rings (SSSR count). The lowest BCUT2D eigenvalue weighted by Crippen LogP contribution is -2.10. The van der Waals surface area contributed by atoms with Crippen molar-refractivity contribution < 1.29 is 0 Å². The quantitative estimate of drug-likeness (QED) is 0.588. The monoisotopic (exact) mass is 181 g/mol. The van der Waals surface area contributed by atoms with E-state index in [0.29, 0.717) is 0 Å². The van der Waals surface area contributed by atoms with Crippen molar-refractivity contribution >= 4 is 0 Å². The second-order valence-corrected chi connectivity index (χ2v) is 3.49. The maximum absolute atomic E-state index is 4.05. The second-order valence-electron chi connectivity index (χ2n) is 3.49. The van der Waals surface area contributed by atoms with Crippen LogP contribution in [0.3, 0.4) is 0 Å². The highest BCUT2D eigenvalue weighted by atomic mass is 14.6. The van der Waals surface area contributed by atoms with E-state index in [2.05, 4.69) is 31.8 Å². The second kappa shape index (κ2) is 6.64. The molecule has 0 radical (unpaired) electrons. The molecule has 0 spiro atoms. The predicted molar refractivity (Wildman–Crippen MR) is 61.0 cm³/mol. The molecule has 13 heavy (non-hydrogen) atoms. The summed E-state index contributed by atoms with van der Waals surface area (Å²) >= 11 is 0. The van der Waals surface area contributed by atoms with E-state index in [1.807, 2.05) is 26.1 Å². The van der Waals surface area contributed by atoms with Gasteiger partial charge in [-0.15, -0.1) is 0 Å². The fourth-order valence-electron chi connectivity index (χ4n) is 0.806. The van der Waals surface area contributed by atoms with Gasteiger partial charge in [-0.05, 0) is 17.0 Å². The third-order valence-electron chi connectivity index (χ3n) is 1.53. The van der Waals surface area contributed by atoms with Gasteiger partial charge < -0.3 is 0 Å². The average Bonchev–Trinajstić information content (AvgIpc) is 2.08. The minimum absolute atomic E-state index is 0. The highest BCUT2D eigenvalue weighted by Crippen LogP contribution is 2.19. The van der Waals surface area contributed by atoms with E-state index in [9.17, 15) is 0 Å². The Labute approximate surface area is 83.2 Å². The number of nitrogens with zero attached hydrogens (tertiary/aromatic N) is 1. The molecule has 0 bridgehead atoms. The minimum Gasteiger partial charge on any atom is -0.264 e. The first-order valence-corrected chi connectivity index (χ1v) is 4.51. The third kappa shape index (κ3) is 5.40. The summed E-state index contributed by atoms with van der Waals surface area (Å²) in [6, 6.07) is 4.08. The van der Waals surface area contributed by atoms with Crippen LogP contribution >= 0.6 is 0 Å². The van der Waals surface area contributed by atoms with Gasteiger partial charge in [-0.3, -0.25) is 4.98 Å². The molecule has 1 heteroatoms. The molecule has 0 saturated carbocycles. The molecule has 0 saturated heterocycles. The summed E-state index contributed by atoms with van der Waals surface area (Å²) < 4.78 is 0. The molecule has 0 atom stereocenters. The topological polar surface area (TPSA) is 12.9 Å². The van der Waals surface area contributed by atoms with Crippen molar-refractivity contribution in [2.24, 2.45) is 0 Å². The molecule has 1 nitrogen and oxygen atoms in total. The summed E-state index contributed by atoms with van der Waals surface area (Å²) in [5.41, 5.74) is 1.52. The van der Waals surface area contributed by atoms with Gasteiger partial charge in [0.05, 0.1) is 0 Å². The molecule has 0 aliphatic heterocycles. The molecule has 0 unspecified atom stereocenters. The molecule has 0 fully saturated rings. The Balaban J connectivity index is 0. The van der Waals surface area contributed by atoms with Gasteiger partial charge in [0.25, 0.3) is 0 Å². The summed E-state index contributed by atoms with van der Waals surface area (Å²) in [4.78, 5) is 4.05. The van der Waals surface area contributed by atoms with Crippen LogP contribution in [0.25, 0.3) is 0 Å². The summed E-state index contributed by atoms with van der Waals surface area (Å²) in [6.45, 7) is 10.6. The predicted octanol–water partition coefficient (Wildman–Crippen LogP) is 4.04. The highest BCUT2D eigenvalue weighted by molar-refractivity contribution is 5.17.